The SMILES string of the molecule is CN(C)[C@@H]1CCN(S(=O)(=O)c2cccc3c2nnn3C)C[C@@H]1CCCO. The van der Waals surface area contributed by atoms with E-state index < -0.39 is 10.0 Å². The van der Waals surface area contributed by atoms with Crippen molar-refractivity contribution in [2.45, 2.75) is 30.2 Å². The molecule has 9 heteroatoms. The number of sulfonamides is 1. The van der Waals surface area contributed by atoms with E-state index in [4.69, 9.17) is 0 Å². The van der Waals surface area contributed by atoms with Gasteiger partial charge in [0.05, 0.1) is 5.52 Å². The number of fused-ring (bicyclic) bond motifs is 1. The van der Waals surface area contributed by atoms with Crippen molar-refractivity contribution in [1.82, 2.24) is 24.2 Å². The summed E-state index contributed by atoms with van der Waals surface area (Å²) in [6.07, 6.45) is 2.27. The average Bonchev–Trinajstić information content (AvgIpc) is 3.00. The monoisotopic (exact) mass is 381 g/mol. The minimum absolute atomic E-state index is 0.127. The maximum absolute atomic E-state index is 13.3. The molecule has 1 saturated heterocycles. The van der Waals surface area contributed by atoms with Crippen LogP contribution in [0.5, 0.6) is 0 Å². The van der Waals surface area contributed by atoms with Crippen LogP contribution in [0.25, 0.3) is 11.0 Å². The molecule has 0 unspecified atom stereocenters. The van der Waals surface area contributed by atoms with Gasteiger partial charge in [0.15, 0.2) is 0 Å². The third-order valence-corrected chi connectivity index (χ3v) is 7.17. The van der Waals surface area contributed by atoms with E-state index in [0.29, 0.717) is 36.6 Å². The molecule has 0 spiro atoms. The van der Waals surface area contributed by atoms with E-state index in [0.717, 1.165) is 12.8 Å². The summed E-state index contributed by atoms with van der Waals surface area (Å²) in [5.41, 5.74) is 1.11. The molecule has 2 heterocycles. The van der Waals surface area contributed by atoms with Crippen molar-refractivity contribution < 1.29 is 13.5 Å². The number of aliphatic hydroxyl groups is 1. The number of benzene rings is 1. The van der Waals surface area contributed by atoms with Crippen LogP contribution >= 0.6 is 0 Å². The lowest BCUT2D eigenvalue weighted by Gasteiger charge is -2.41. The Morgan fingerprint density at radius 3 is 2.81 bits per heavy atom. The minimum Gasteiger partial charge on any atom is -0.396 e. The van der Waals surface area contributed by atoms with Crippen molar-refractivity contribution in [1.29, 1.82) is 0 Å². The number of aliphatic hydroxyl groups excluding tert-OH is 1. The Morgan fingerprint density at radius 1 is 1.35 bits per heavy atom. The van der Waals surface area contributed by atoms with Gasteiger partial charge in [0.1, 0.15) is 10.4 Å². The lowest BCUT2D eigenvalue weighted by atomic mass is 9.88. The molecule has 1 aliphatic heterocycles. The summed E-state index contributed by atoms with van der Waals surface area (Å²) in [5.74, 6) is 0.196. The normalized spacial score (nSPS) is 22.3. The molecule has 1 aromatic heterocycles. The number of piperidine rings is 1. The smallest absolute Gasteiger partial charge is 0.245 e. The van der Waals surface area contributed by atoms with Crippen LogP contribution in [0.2, 0.25) is 0 Å². The van der Waals surface area contributed by atoms with Gasteiger partial charge >= 0.3 is 0 Å². The predicted octanol–water partition coefficient (Wildman–Crippen LogP) is 0.682. The summed E-state index contributed by atoms with van der Waals surface area (Å²) in [6.45, 7) is 1.07. The fourth-order valence-corrected chi connectivity index (χ4v) is 5.55. The van der Waals surface area contributed by atoms with Crippen molar-refractivity contribution in [2.75, 3.05) is 33.8 Å². The number of aromatic nitrogens is 3. The van der Waals surface area contributed by atoms with E-state index in [2.05, 4.69) is 15.2 Å². The summed E-state index contributed by atoms with van der Waals surface area (Å²) in [5, 5.41) is 17.2. The Balaban J connectivity index is 1.91. The maximum Gasteiger partial charge on any atom is 0.245 e. The van der Waals surface area contributed by atoms with Crippen molar-refractivity contribution in [2.24, 2.45) is 13.0 Å². The van der Waals surface area contributed by atoms with Gasteiger partial charge in [0.25, 0.3) is 0 Å². The number of aryl methyl sites for hydroxylation is 1. The quantitative estimate of drug-likeness (QED) is 0.791. The number of hydrogen-bond acceptors (Lipinski definition) is 6. The Hall–Kier alpha value is -1.55. The van der Waals surface area contributed by atoms with Gasteiger partial charge in [-0.1, -0.05) is 11.3 Å². The fraction of sp³-hybridized carbons (Fsp3) is 0.647. The van der Waals surface area contributed by atoms with Crippen LogP contribution in [-0.2, 0) is 17.1 Å². The summed E-state index contributed by atoms with van der Waals surface area (Å²) >= 11 is 0. The van der Waals surface area contributed by atoms with E-state index in [1.165, 1.54) is 0 Å². The average molecular weight is 382 g/mol. The van der Waals surface area contributed by atoms with Gasteiger partial charge in [-0.25, -0.2) is 13.1 Å². The maximum atomic E-state index is 13.3. The highest BCUT2D eigenvalue weighted by Gasteiger charge is 2.37. The highest BCUT2D eigenvalue weighted by atomic mass is 32.2. The molecule has 8 nitrogen and oxygen atoms in total. The minimum atomic E-state index is -3.65. The molecule has 2 atom stereocenters. The van der Waals surface area contributed by atoms with Gasteiger partial charge in [-0.05, 0) is 51.4 Å². The molecule has 1 aromatic carbocycles. The van der Waals surface area contributed by atoms with Crippen LogP contribution in [-0.4, -0.2) is 77.6 Å². The summed E-state index contributed by atoms with van der Waals surface area (Å²) in [7, 11) is 2.16. The Morgan fingerprint density at radius 2 is 2.12 bits per heavy atom. The van der Waals surface area contributed by atoms with Crippen LogP contribution < -0.4 is 0 Å². The van der Waals surface area contributed by atoms with E-state index in [-0.39, 0.29) is 17.4 Å². The molecule has 1 aliphatic rings. The lowest BCUT2D eigenvalue weighted by Crippen LogP contribution is -2.50. The summed E-state index contributed by atoms with van der Waals surface area (Å²) in [6, 6.07) is 5.47. The van der Waals surface area contributed by atoms with Crippen molar-refractivity contribution in [3.63, 3.8) is 0 Å². The van der Waals surface area contributed by atoms with E-state index in [9.17, 15) is 13.5 Å². The largest absolute Gasteiger partial charge is 0.396 e. The molecular weight excluding hydrogens is 354 g/mol. The fourth-order valence-electron chi connectivity index (χ4n) is 3.90. The van der Waals surface area contributed by atoms with Gasteiger partial charge in [-0.15, -0.1) is 5.10 Å². The summed E-state index contributed by atoms with van der Waals surface area (Å²) in [4.78, 5) is 2.38. The first-order chi connectivity index (χ1) is 12.4. The van der Waals surface area contributed by atoms with Gasteiger partial charge in [0.2, 0.25) is 10.0 Å². The molecule has 0 radical (unpaired) electrons. The first kappa shape index (κ1) is 19.2. The zero-order valence-electron chi connectivity index (χ0n) is 15.5. The Kier molecular flexibility index (Phi) is 5.61. The van der Waals surface area contributed by atoms with E-state index in [1.807, 2.05) is 20.2 Å². The molecule has 0 bridgehead atoms. The van der Waals surface area contributed by atoms with E-state index in [1.54, 1.807) is 28.2 Å². The molecule has 0 saturated carbocycles. The molecule has 3 rings (SSSR count). The highest BCUT2D eigenvalue weighted by Crippen LogP contribution is 2.30. The Bertz CT molecular complexity index is 864. The van der Waals surface area contributed by atoms with Crippen LogP contribution in [0.4, 0.5) is 0 Å². The molecule has 2 aromatic rings. The van der Waals surface area contributed by atoms with E-state index >= 15 is 0 Å². The van der Waals surface area contributed by atoms with Crippen LogP contribution in [0, 0.1) is 5.92 Å². The zero-order chi connectivity index (χ0) is 18.9. The van der Waals surface area contributed by atoms with Crippen LogP contribution in [0.15, 0.2) is 23.1 Å². The number of nitrogens with zero attached hydrogens (tertiary/aromatic N) is 5. The first-order valence-electron chi connectivity index (χ1n) is 8.92. The van der Waals surface area contributed by atoms with Crippen molar-refractivity contribution >= 4 is 21.1 Å². The molecule has 0 amide bonds. The molecular formula is C17H27N5O3S. The van der Waals surface area contributed by atoms with Gasteiger partial charge in [-0.3, -0.25) is 0 Å². The highest BCUT2D eigenvalue weighted by molar-refractivity contribution is 7.89. The van der Waals surface area contributed by atoms with Gasteiger partial charge in [-0.2, -0.15) is 4.31 Å². The topological polar surface area (TPSA) is 91.6 Å². The second kappa shape index (κ2) is 7.59. The number of rotatable bonds is 6. The summed E-state index contributed by atoms with van der Waals surface area (Å²) < 4.78 is 29.7. The zero-order valence-corrected chi connectivity index (χ0v) is 16.4. The molecule has 144 valence electrons. The third-order valence-electron chi connectivity index (χ3n) is 5.28. The van der Waals surface area contributed by atoms with Gasteiger partial charge in [0, 0.05) is 32.8 Å². The lowest BCUT2D eigenvalue weighted by molar-refractivity contribution is 0.115. The standard InChI is InChI=1S/C17H27N5O3S/c1-20(2)14-9-10-22(12-13(14)6-5-11-23)26(24,25)16-8-4-7-15-17(16)18-19-21(15)3/h4,7-8,13-14,23H,5-6,9-12H2,1-3H3/t13-,14+/m0/s1. The molecule has 26 heavy (non-hydrogen) atoms. The first-order valence-corrected chi connectivity index (χ1v) is 10.4. The third kappa shape index (κ3) is 3.48. The van der Waals surface area contributed by atoms with Crippen LogP contribution in [0.1, 0.15) is 19.3 Å². The second-order valence-corrected chi connectivity index (χ2v) is 9.05. The number of hydrogen-bond donors (Lipinski definition) is 1. The predicted molar refractivity (Wildman–Crippen MR) is 99.2 cm³/mol. The Labute approximate surface area is 154 Å². The second-order valence-electron chi connectivity index (χ2n) is 7.15. The molecule has 1 fully saturated rings. The molecule has 0 aliphatic carbocycles. The van der Waals surface area contributed by atoms with Crippen molar-refractivity contribution in [3.05, 3.63) is 18.2 Å². The molecule has 1 N–H and O–H groups in total. The van der Waals surface area contributed by atoms with Gasteiger partial charge < -0.3 is 10.0 Å². The van der Waals surface area contributed by atoms with Crippen LogP contribution in [0.3, 0.4) is 0 Å². The van der Waals surface area contributed by atoms with Crippen molar-refractivity contribution in [3.8, 4) is 0 Å².